The molecule has 0 saturated carbocycles. The number of ether oxygens (including phenoxy) is 1. The van der Waals surface area contributed by atoms with Crippen molar-refractivity contribution in [2.24, 2.45) is 0 Å². The Balaban J connectivity index is 1.98. The molecule has 21 heavy (non-hydrogen) atoms. The molecule has 2 amide bonds. The summed E-state index contributed by atoms with van der Waals surface area (Å²) in [7, 11) is 1.55. The highest BCUT2D eigenvalue weighted by atomic mass is 32.1. The number of fused-ring (bicyclic) bond motifs is 1. The monoisotopic (exact) mass is 302 g/mol. The van der Waals surface area contributed by atoms with E-state index in [0.29, 0.717) is 17.0 Å². The van der Waals surface area contributed by atoms with Crippen LogP contribution in [0.5, 0.6) is 5.75 Å². The number of rotatable bonds is 2. The highest BCUT2D eigenvalue weighted by molar-refractivity contribution is 7.08. The maximum Gasteiger partial charge on any atom is 0.262 e. The van der Waals surface area contributed by atoms with E-state index in [0.717, 1.165) is 0 Å². The summed E-state index contributed by atoms with van der Waals surface area (Å²) in [5, 5.41) is 6.22. The van der Waals surface area contributed by atoms with E-state index in [4.69, 9.17) is 4.74 Å². The average Bonchev–Trinajstić information content (AvgIpc) is 3.06. The number of carbonyl (C=O) groups excluding carboxylic acids is 2. The quantitative estimate of drug-likeness (QED) is 0.922. The van der Waals surface area contributed by atoms with Gasteiger partial charge in [0.25, 0.3) is 11.8 Å². The lowest BCUT2D eigenvalue weighted by atomic mass is 10.1. The van der Waals surface area contributed by atoms with Crippen LogP contribution in [0.15, 0.2) is 41.1 Å². The number of hydrogen-bond donors (Lipinski definition) is 1. The lowest BCUT2D eigenvalue weighted by molar-refractivity contribution is -0.127. The molecule has 0 unspecified atom stereocenters. The lowest BCUT2D eigenvalue weighted by Crippen LogP contribution is -2.50. The Kier molecular flexibility index (Phi) is 3.62. The molecule has 2 heterocycles. The molecule has 3 rings (SSSR count). The first-order valence-corrected chi connectivity index (χ1v) is 7.46. The molecule has 1 atom stereocenters. The molecule has 0 fully saturated rings. The summed E-state index contributed by atoms with van der Waals surface area (Å²) < 4.78 is 5.68. The molecule has 1 aliphatic heterocycles. The van der Waals surface area contributed by atoms with E-state index in [1.54, 1.807) is 29.5 Å². The van der Waals surface area contributed by atoms with E-state index in [-0.39, 0.29) is 18.4 Å². The van der Waals surface area contributed by atoms with Crippen molar-refractivity contribution in [1.82, 2.24) is 5.32 Å². The van der Waals surface area contributed by atoms with Crippen LogP contribution >= 0.6 is 11.3 Å². The maximum atomic E-state index is 12.6. The number of nitrogens with one attached hydrogen (secondary N) is 1. The maximum absolute atomic E-state index is 12.6. The molecular weight excluding hydrogens is 288 g/mol. The first-order chi connectivity index (χ1) is 10.2. The average molecular weight is 302 g/mol. The summed E-state index contributed by atoms with van der Waals surface area (Å²) in [6.07, 6.45) is -0.701. The molecule has 1 aromatic carbocycles. The van der Waals surface area contributed by atoms with E-state index < -0.39 is 6.10 Å². The molecule has 6 heteroatoms. The number of benzene rings is 1. The summed E-state index contributed by atoms with van der Waals surface area (Å²) in [6, 6.07) is 9.02. The van der Waals surface area contributed by atoms with Gasteiger partial charge in [0.2, 0.25) is 0 Å². The number of anilines is 1. The van der Waals surface area contributed by atoms with E-state index in [9.17, 15) is 9.59 Å². The number of nitrogens with zero attached hydrogens (tertiary/aromatic N) is 1. The zero-order chi connectivity index (χ0) is 14.8. The summed E-state index contributed by atoms with van der Waals surface area (Å²) in [5.74, 6) is 0.175. The van der Waals surface area contributed by atoms with Crippen LogP contribution in [-0.2, 0) is 4.79 Å². The predicted molar refractivity (Wildman–Crippen MR) is 80.9 cm³/mol. The Labute approximate surface area is 126 Å². The minimum absolute atomic E-state index is 0.124. The second kappa shape index (κ2) is 5.57. The molecule has 0 spiro atoms. The summed E-state index contributed by atoms with van der Waals surface area (Å²) >= 11 is 1.47. The van der Waals surface area contributed by atoms with Crippen molar-refractivity contribution in [2.45, 2.75) is 6.10 Å². The zero-order valence-electron chi connectivity index (χ0n) is 11.4. The minimum Gasteiger partial charge on any atom is -0.477 e. The molecule has 5 nitrogen and oxygen atoms in total. The highest BCUT2D eigenvalue weighted by Crippen LogP contribution is 2.34. The normalized spacial score (nSPS) is 16.8. The fraction of sp³-hybridized carbons (Fsp3) is 0.200. The number of amides is 2. The standard InChI is InChI=1S/C15H14N2O3S/c1-16-14(18)13-8-17(15(19)10-6-7-21-9-10)11-4-2-3-5-12(11)20-13/h2-7,9,13H,8H2,1H3,(H,16,18)/t13-/m1/s1. The Morgan fingerprint density at radius 2 is 2.14 bits per heavy atom. The van der Waals surface area contributed by atoms with Gasteiger partial charge >= 0.3 is 0 Å². The molecule has 1 N–H and O–H groups in total. The Morgan fingerprint density at radius 3 is 2.86 bits per heavy atom. The van der Waals surface area contributed by atoms with E-state index in [2.05, 4.69) is 5.32 Å². The van der Waals surface area contributed by atoms with Gasteiger partial charge in [0, 0.05) is 12.4 Å². The van der Waals surface area contributed by atoms with Gasteiger partial charge in [-0.25, -0.2) is 0 Å². The van der Waals surface area contributed by atoms with Crippen LogP contribution < -0.4 is 15.0 Å². The molecule has 0 bridgehead atoms. The molecule has 0 radical (unpaired) electrons. The van der Waals surface area contributed by atoms with Crippen molar-refractivity contribution in [3.63, 3.8) is 0 Å². The summed E-state index contributed by atoms with van der Waals surface area (Å²) in [6.45, 7) is 0.200. The third-order valence-corrected chi connectivity index (χ3v) is 4.01. The van der Waals surface area contributed by atoms with Gasteiger partial charge in [0.05, 0.1) is 17.8 Å². The minimum atomic E-state index is -0.701. The van der Waals surface area contributed by atoms with E-state index >= 15 is 0 Å². The van der Waals surface area contributed by atoms with Gasteiger partial charge in [-0.3, -0.25) is 9.59 Å². The van der Waals surface area contributed by atoms with Gasteiger partial charge in [-0.15, -0.1) is 0 Å². The van der Waals surface area contributed by atoms with Crippen molar-refractivity contribution in [2.75, 3.05) is 18.5 Å². The van der Waals surface area contributed by atoms with Crippen molar-refractivity contribution in [1.29, 1.82) is 0 Å². The van der Waals surface area contributed by atoms with Crippen LogP contribution in [0, 0.1) is 0 Å². The van der Waals surface area contributed by atoms with Crippen LogP contribution in [-0.4, -0.2) is 31.5 Å². The fourth-order valence-corrected chi connectivity index (χ4v) is 2.90. The number of para-hydroxylation sites is 2. The number of hydrogen-bond acceptors (Lipinski definition) is 4. The molecule has 0 saturated heterocycles. The van der Waals surface area contributed by atoms with E-state index in [1.165, 1.54) is 11.3 Å². The summed E-state index contributed by atoms with van der Waals surface area (Å²) in [4.78, 5) is 26.1. The van der Waals surface area contributed by atoms with Crippen LogP contribution in [0.1, 0.15) is 10.4 Å². The lowest BCUT2D eigenvalue weighted by Gasteiger charge is -2.33. The van der Waals surface area contributed by atoms with Crippen LogP contribution in [0.25, 0.3) is 0 Å². The summed E-state index contributed by atoms with van der Waals surface area (Å²) in [5.41, 5.74) is 1.31. The SMILES string of the molecule is CNC(=O)[C@H]1CN(C(=O)c2ccsc2)c2ccccc2O1. The number of carbonyl (C=O) groups is 2. The van der Waals surface area contributed by atoms with E-state index in [1.807, 2.05) is 23.6 Å². The molecule has 1 aromatic heterocycles. The third-order valence-electron chi connectivity index (χ3n) is 3.33. The first kappa shape index (κ1) is 13.6. The Morgan fingerprint density at radius 1 is 1.33 bits per heavy atom. The number of likely N-dealkylation sites (N-methyl/N-ethyl adjacent to an activating group) is 1. The van der Waals surface area contributed by atoms with Crippen LogP contribution in [0.2, 0.25) is 0 Å². The first-order valence-electron chi connectivity index (χ1n) is 6.52. The van der Waals surface area contributed by atoms with Crippen molar-refractivity contribution >= 4 is 28.8 Å². The van der Waals surface area contributed by atoms with Gasteiger partial charge in [-0.05, 0) is 23.6 Å². The second-order valence-corrected chi connectivity index (χ2v) is 5.40. The predicted octanol–water partition coefficient (Wildman–Crippen LogP) is 1.90. The highest BCUT2D eigenvalue weighted by Gasteiger charge is 2.33. The zero-order valence-corrected chi connectivity index (χ0v) is 12.2. The second-order valence-electron chi connectivity index (χ2n) is 4.62. The fourth-order valence-electron chi connectivity index (χ4n) is 2.27. The van der Waals surface area contributed by atoms with Crippen LogP contribution in [0.4, 0.5) is 5.69 Å². The molecule has 108 valence electrons. The van der Waals surface area contributed by atoms with Crippen molar-refractivity contribution in [3.8, 4) is 5.75 Å². The topological polar surface area (TPSA) is 58.6 Å². The van der Waals surface area contributed by atoms with Gasteiger partial charge in [0.15, 0.2) is 6.10 Å². The van der Waals surface area contributed by atoms with Crippen LogP contribution in [0.3, 0.4) is 0 Å². The largest absolute Gasteiger partial charge is 0.477 e. The van der Waals surface area contributed by atoms with Crippen molar-refractivity contribution < 1.29 is 14.3 Å². The molecule has 1 aliphatic rings. The molecular formula is C15H14N2O3S. The van der Waals surface area contributed by atoms with Gasteiger partial charge in [-0.1, -0.05) is 12.1 Å². The van der Waals surface area contributed by atoms with Gasteiger partial charge in [-0.2, -0.15) is 11.3 Å². The van der Waals surface area contributed by atoms with Gasteiger partial charge in [0.1, 0.15) is 5.75 Å². The Bertz CT molecular complexity index is 669. The smallest absolute Gasteiger partial charge is 0.262 e. The van der Waals surface area contributed by atoms with Gasteiger partial charge < -0.3 is 15.0 Å². The Hall–Kier alpha value is -2.34. The molecule has 2 aromatic rings. The third kappa shape index (κ3) is 2.50. The van der Waals surface area contributed by atoms with Crippen molar-refractivity contribution in [3.05, 3.63) is 46.7 Å². The molecule has 0 aliphatic carbocycles. The number of thiophene rings is 1.